The third-order valence-corrected chi connectivity index (χ3v) is 3.34. The van der Waals surface area contributed by atoms with E-state index in [4.69, 9.17) is 19.9 Å². The second kappa shape index (κ2) is 8.73. The van der Waals surface area contributed by atoms with Gasteiger partial charge in [0.1, 0.15) is 24.0 Å². The maximum atomic E-state index is 6.03. The fourth-order valence-corrected chi connectivity index (χ4v) is 2.10. The standard InChI is InChI=1S/C17H22N4O3/c1-4-7-24-11-20-17-19-10-13(16(18)21-17)8-12-5-6-14(22-2)9-15(12)23-3/h4-6,9-10H,1,7-8,11H2,2-3H3,(H3,18,19,20,21). The Bertz CT molecular complexity index is 692. The van der Waals surface area contributed by atoms with Crippen LogP contribution in [-0.2, 0) is 11.2 Å². The number of aromatic nitrogens is 2. The SMILES string of the molecule is C=CCOCNc1ncc(Cc2ccc(OC)cc2OC)c(N)n1. The average Bonchev–Trinajstić information content (AvgIpc) is 2.61. The summed E-state index contributed by atoms with van der Waals surface area (Å²) in [4.78, 5) is 8.49. The summed E-state index contributed by atoms with van der Waals surface area (Å²) in [5.41, 5.74) is 7.82. The molecule has 2 aromatic rings. The van der Waals surface area contributed by atoms with Crippen molar-refractivity contribution < 1.29 is 14.2 Å². The normalized spacial score (nSPS) is 10.2. The van der Waals surface area contributed by atoms with Crippen LogP contribution in [-0.4, -0.2) is 37.5 Å². The van der Waals surface area contributed by atoms with Gasteiger partial charge in [0.15, 0.2) is 0 Å². The van der Waals surface area contributed by atoms with Crippen molar-refractivity contribution in [3.05, 3.63) is 48.2 Å². The summed E-state index contributed by atoms with van der Waals surface area (Å²) >= 11 is 0. The van der Waals surface area contributed by atoms with Crippen LogP contribution in [0.4, 0.5) is 11.8 Å². The number of nitrogen functional groups attached to an aromatic ring is 1. The zero-order chi connectivity index (χ0) is 17.4. The average molecular weight is 330 g/mol. The highest BCUT2D eigenvalue weighted by Crippen LogP contribution is 2.27. The molecule has 24 heavy (non-hydrogen) atoms. The highest BCUT2D eigenvalue weighted by atomic mass is 16.5. The van der Waals surface area contributed by atoms with E-state index in [-0.39, 0.29) is 6.73 Å². The molecule has 0 atom stereocenters. The Labute approximate surface area is 141 Å². The summed E-state index contributed by atoms with van der Waals surface area (Å²) in [6, 6.07) is 5.65. The topological polar surface area (TPSA) is 91.5 Å². The molecule has 0 bridgehead atoms. The number of rotatable bonds is 9. The van der Waals surface area contributed by atoms with E-state index in [0.717, 1.165) is 22.6 Å². The first-order chi connectivity index (χ1) is 11.7. The first-order valence-electron chi connectivity index (χ1n) is 7.42. The number of nitrogens with one attached hydrogen (secondary N) is 1. The number of hydrogen-bond acceptors (Lipinski definition) is 7. The van der Waals surface area contributed by atoms with E-state index < -0.39 is 0 Å². The lowest BCUT2D eigenvalue weighted by atomic mass is 10.1. The first-order valence-corrected chi connectivity index (χ1v) is 7.42. The molecule has 0 spiro atoms. The Morgan fingerprint density at radius 1 is 1.25 bits per heavy atom. The van der Waals surface area contributed by atoms with Gasteiger partial charge in [0.2, 0.25) is 5.95 Å². The molecule has 0 radical (unpaired) electrons. The maximum absolute atomic E-state index is 6.03. The molecule has 0 amide bonds. The quantitative estimate of drug-likeness (QED) is 0.414. The summed E-state index contributed by atoms with van der Waals surface area (Å²) in [6.07, 6.45) is 3.93. The molecule has 1 heterocycles. The molecular weight excluding hydrogens is 308 g/mol. The summed E-state index contributed by atoms with van der Waals surface area (Å²) in [6.45, 7) is 4.32. The zero-order valence-corrected chi connectivity index (χ0v) is 13.9. The Morgan fingerprint density at radius 3 is 2.75 bits per heavy atom. The zero-order valence-electron chi connectivity index (χ0n) is 13.9. The Morgan fingerprint density at radius 2 is 2.08 bits per heavy atom. The summed E-state index contributed by atoms with van der Waals surface area (Å²) in [5.74, 6) is 2.30. The van der Waals surface area contributed by atoms with Crippen molar-refractivity contribution in [2.75, 3.05) is 38.6 Å². The fourth-order valence-electron chi connectivity index (χ4n) is 2.10. The molecule has 0 aliphatic rings. The fraction of sp³-hybridized carbons (Fsp3) is 0.294. The van der Waals surface area contributed by atoms with Crippen molar-refractivity contribution in [1.82, 2.24) is 9.97 Å². The second-order valence-electron chi connectivity index (χ2n) is 4.94. The van der Waals surface area contributed by atoms with Crippen molar-refractivity contribution in [2.45, 2.75) is 6.42 Å². The minimum absolute atomic E-state index is 0.289. The van der Waals surface area contributed by atoms with Gasteiger partial charge in [0.25, 0.3) is 0 Å². The number of nitrogens with two attached hydrogens (primary N) is 1. The minimum Gasteiger partial charge on any atom is -0.497 e. The lowest BCUT2D eigenvalue weighted by molar-refractivity contribution is 0.182. The summed E-state index contributed by atoms with van der Waals surface area (Å²) < 4.78 is 15.8. The van der Waals surface area contributed by atoms with E-state index >= 15 is 0 Å². The van der Waals surface area contributed by atoms with Gasteiger partial charge in [0, 0.05) is 24.2 Å². The van der Waals surface area contributed by atoms with Crippen molar-refractivity contribution in [3.63, 3.8) is 0 Å². The largest absolute Gasteiger partial charge is 0.497 e. The molecule has 0 fully saturated rings. The summed E-state index contributed by atoms with van der Waals surface area (Å²) in [5, 5.41) is 2.94. The molecule has 0 aliphatic carbocycles. The lowest BCUT2D eigenvalue weighted by Gasteiger charge is -2.12. The van der Waals surface area contributed by atoms with E-state index in [1.165, 1.54) is 0 Å². The van der Waals surface area contributed by atoms with Gasteiger partial charge in [-0.2, -0.15) is 4.98 Å². The number of hydrogen-bond donors (Lipinski definition) is 2. The number of benzene rings is 1. The van der Waals surface area contributed by atoms with E-state index in [2.05, 4.69) is 21.9 Å². The molecule has 0 unspecified atom stereocenters. The molecule has 0 saturated heterocycles. The molecular formula is C17H22N4O3. The van der Waals surface area contributed by atoms with Crippen molar-refractivity contribution >= 4 is 11.8 Å². The first kappa shape index (κ1) is 17.6. The molecule has 7 nitrogen and oxygen atoms in total. The Kier molecular flexibility index (Phi) is 6.39. The van der Waals surface area contributed by atoms with Crippen LogP contribution in [0.15, 0.2) is 37.1 Å². The molecule has 0 aliphatic heterocycles. The number of anilines is 2. The molecule has 7 heteroatoms. The van der Waals surface area contributed by atoms with Crippen LogP contribution in [0.2, 0.25) is 0 Å². The number of nitrogens with zero attached hydrogens (tertiary/aromatic N) is 2. The van der Waals surface area contributed by atoms with Gasteiger partial charge in [-0.3, -0.25) is 0 Å². The van der Waals surface area contributed by atoms with Crippen LogP contribution in [0.1, 0.15) is 11.1 Å². The molecule has 1 aromatic carbocycles. The van der Waals surface area contributed by atoms with E-state index in [0.29, 0.717) is 24.8 Å². The van der Waals surface area contributed by atoms with E-state index in [9.17, 15) is 0 Å². The van der Waals surface area contributed by atoms with E-state index in [1.807, 2.05) is 18.2 Å². The highest BCUT2D eigenvalue weighted by Gasteiger charge is 2.10. The third kappa shape index (κ3) is 4.60. The minimum atomic E-state index is 0.289. The Balaban J connectivity index is 2.09. The molecule has 3 N–H and O–H groups in total. The lowest BCUT2D eigenvalue weighted by Crippen LogP contribution is -2.11. The van der Waals surface area contributed by atoms with Crippen molar-refractivity contribution in [1.29, 1.82) is 0 Å². The van der Waals surface area contributed by atoms with Gasteiger partial charge in [-0.05, 0) is 11.6 Å². The smallest absolute Gasteiger partial charge is 0.226 e. The predicted molar refractivity (Wildman–Crippen MR) is 93.4 cm³/mol. The van der Waals surface area contributed by atoms with Crippen molar-refractivity contribution in [2.24, 2.45) is 0 Å². The van der Waals surface area contributed by atoms with Gasteiger partial charge < -0.3 is 25.3 Å². The van der Waals surface area contributed by atoms with Crippen LogP contribution in [0.3, 0.4) is 0 Å². The van der Waals surface area contributed by atoms with Crippen LogP contribution in [0.25, 0.3) is 0 Å². The van der Waals surface area contributed by atoms with Crippen LogP contribution in [0.5, 0.6) is 11.5 Å². The predicted octanol–water partition coefficient (Wildman–Crippen LogP) is 2.24. The van der Waals surface area contributed by atoms with E-state index in [1.54, 1.807) is 26.5 Å². The van der Waals surface area contributed by atoms with Crippen molar-refractivity contribution in [3.8, 4) is 11.5 Å². The molecule has 2 rings (SSSR count). The Hall–Kier alpha value is -2.80. The maximum Gasteiger partial charge on any atom is 0.226 e. The second-order valence-corrected chi connectivity index (χ2v) is 4.94. The van der Waals surface area contributed by atoms with Gasteiger partial charge in [-0.25, -0.2) is 4.98 Å². The summed E-state index contributed by atoms with van der Waals surface area (Å²) in [7, 11) is 3.24. The van der Waals surface area contributed by atoms with Gasteiger partial charge in [-0.15, -0.1) is 6.58 Å². The third-order valence-electron chi connectivity index (χ3n) is 3.34. The highest BCUT2D eigenvalue weighted by molar-refractivity contribution is 5.49. The number of ether oxygens (including phenoxy) is 3. The molecule has 1 aromatic heterocycles. The monoisotopic (exact) mass is 330 g/mol. The molecule has 0 saturated carbocycles. The van der Waals surface area contributed by atoms with Crippen LogP contribution < -0.4 is 20.5 Å². The van der Waals surface area contributed by atoms with Crippen LogP contribution >= 0.6 is 0 Å². The van der Waals surface area contributed by atoms with Gasteiger partial charge >= 0.3 is 0 Å². The van der Waals surface area contributed by atoms with Crippen LogP contribution in [0, 0.1) is 0 Å². The van der Waals surface area contributed by atoms with Gasteiger partial charge in [0.05, 0.1) is 20.8 Å². The molecule has 128 valence electrons. The van der Waals surface area contributed by atoms with Gasteiger partial charge in [-0.1, -0.05) is 12.1 Å². The number of methoxy groups -OCH3 is 2.